The van der Waals surface area contributed by atoms with E-state index in [9.17, 15) is 10.2 Å². The number of benzene rings is 1. The van der Waals surface area contributed by atoms with Crippen LogP contribution in [0.2, 0.25) is 0 Å². The van der Waals surface area contributed by atoms with Gasteiger partial charge in [-0.2, -0.15) is 0 Å². The number of nitrogens with one attached hydrogen (secondary N) is 1. The molecule has 4 heteroatoms. The first-order valence-electron chi connectivity index (χ1n) is 6.87. The van der Waals surface area contributed by atoms with Crippen LogP contribution in [0.25, 0.3) is 0 Å². The minimum absolute atomic E-state index is 0.0158. The van der Waals surface area contributed by atoms with Crippen molar-refractivity contribution in [2.75, 3.05) is 13.2 Å². The SMILES string of the molecule is CCC(CO)(CO)NC1CC(c2cccc(Br)c2)C1. The number of hydrogen-bond donors (Lipinski definition) is 3. The monoisotopic (exact) mass is 327 g/mol. The van der Waals surface area contributed by atoms with E-state index in [2.05, 4.69) is 39.4 Å². The molecule has 1 aromatic rings. The maximum absolute atomic E-state index is 9.44. The Morgan fingerprint density at radius 1 is 1.32 bits per heavy atom. The largest absolute Gasteiger partial charge is 0.394 e. The topological polar surface area (TPSA) is 52.5 Å². The summed E-state index contributed by atoms with van der Waals surface area (Å²) in [5.41, 5.74) is 0.843. The zero-order valence-electron chi connectivity index (χ0n) is 11.3. The summed E-state index contributed by atoms with van der Waals surface area (Å²) in [6, 6.07) is 8.83. The molecule has 1 aromatic carbocycles. The highest BCUT2D eigenvalue weighted by molar-refractivity contribution is 9.10. The minimum atomic E-state index is -0.521. The second-order valence-electron chi connectivity index (χ2n) is 5.51. The van der Waals surface area contributed by atoms with Crippen molar-refractivity contribution >= 4 is 15.9 Å². The predicted octanol–water partition coefficient (Wildman–Crippen LogP) is 2.42. The number of halogens is 1. The van der Waals surface area contributed by atoms with E-state index in [1.807, 2.05) is 13.0 Å². The number of aliphatic hydroxyl groups excluding tert-OH is 2. The van der Waals surface area contributed by atoms with Gasteiger partial charge in [0.15, 0.2) is 0 Å². The lowest BCUT2D eigenvalue weighted by molar-refractivity contribution is 0.0627. The van der Waals surface area contributed by atoms with Crippen LogP contribution in [0.5, 0.6) is 0 Å². The molecule has 0 heterocycles. The van der Waals surface area contributed by atoms with Crippen LogP contribution in [0, 0.1) is 0 Å². The van der Waals surface area contributed by atoms with Gasteiger partial charge in [-0.3, -0.25) is 0 Å². The van der Waals surface area contributed by atoms with Crippen molar-refractivity contribution in [1.29, 1.82) is 0 Å². The molecule has 0 aromatic heterocycles. The molecule has 0 saturated heterocycles. The third kappa shape index (κ3) is 3.37. The fourth-order valence-electron chi connectivity index (χ4n) is 2.67. The first-order chi connectivity index (χ1) is 9.12. The molecule has 0 amide bonds. The van der Waals surface area contributed by atoms with Crippen molar-refractivity contribution in [1.82, 2.24) is 5.32 Å². The zero-order chi connectivity index (χ0) is 13.9. The Balaban J connectivity index is 1.89. The summed E-state index contributed by atoms with van der Waals surface area (Å²) < 4.78 is 1.12. The standard InChI is InChI=1S/C15H22BrNO2/c1-2-15(9-18,10-19)17-14-7-12(8-14)11-4-3-5-13(16)6-11/h3-6,12,14,17-19H,2,7-10H2,1H3. The summed E-state index contributed by atoms with van der Waals surface area (Å²) in [5, 5.41) is 22.3. The second kappa shape index (κ2) is 6.35. The van der Waals surface area contributed by atoms with E-state index in [4.69, 9.17) is 0 Å². The van der Waals surface area contributed by atoms with E-state index in [1.165, 1.54) is 5.56 Å². The van der Waals surface area contributed by atoms with Gasteiger partial charge >= 0.3 is 0 Å². The van der Waals surface area contributed by atoms with Crippen LogP contribution >= 0.6 is 15.9 Å². The van der Waals surface area contributed by atoms with Crippen molar-refractivity contribution in [3.05, 3.63) is 34.3 Å². The minimum Gasteiger partial charge on any atom is -0.394 e. The van der Waals surface area contributed by atoms with Gasteiger partial charge in [0.2, 0.25) is 0 Å². The van der Waals surface area contributed by atoms with Crippen molar-refractivity contribution in [3.63, 3.8) is 0 Å². The van der Waals surface area contributed by atoms with Gasteiger partial charge in [0.05, 0.1) is 18.8 Å². The van der Waals surface area contributed by atoms with Gasteiger partial charge in [0.25, 0.3) is 0 Å². The summed E-state index contributed by atoms with van der Waals surface area (Å²) in [6.45, 7) is 1.96. The molecule has 1 aliphatic carbocycles. The van der Waals surface area contributed by atoms with Crippen molar-refractivity contribution in [3.8, 4) is 0 Å². The Morgan fingerprint density at radius 3 is 2.53 bits per heavy atom. The predicted molar refractivity (Wildman–Crippen MR) is 80.2 cm³/mol. The lowest BCUT2D eigenvalue weighted by atomic mass is 9.74. The average Bonchev–Trinajstić information content (AvgIpc) is 2.39. The number of aliphatic hydroxyl groups is 2. The van der Waals surface area contributed by atoms with Crippen LogP contribution in [0.4, 0.5) is 0 Å². The Kier molecular flexibility index (Phi) is 5.01. The molecule has 3 N–H and O–H groups in total. The van der Waals surface area contributed by atoms with Crippen molar-refractivity contribution in [2.24, 2.45) is 0 Å². The highest BCUT2D eigenvalue weighted by Gasteiger charge is 2.36. The van der Waals surface area contributed by atoms with Crippen LogP contribution in [0.3, 0.4) is 0 Å². The molecule has 0 aliphatic heterocycles. The summed E-state index contributed by atoms with van der Waals surface area (Å²) in [6.07, 6.45) is 2.87. The molecule has 2 rings (SSSR count). The van der Waals surface area contributed by atoms with Gasteiger partial charge in [-0.1, -0.05) is 35.0 Å². The third-order valence-corrected chi connectivity index (χ3v) is 4.74. The first kappa shape index (κ1) is 15.0. The molecular weight excluding hydrogens is 306 g/mol. The summed E-state index contributed by atoms with van der Waals surface area (Å²) >= 11 is 3.50. The van der Waals surface area contributed by atoms with E-state index < -0.39 is 5.54 Å². The first-order valence-corrected chi connectivity index (χ1v) is 7.66. The van der Waals surface area contributed by atoms with Gasteiger partial charge in [-0.15, -0.1) is 0 Å². The maximum atomic E-state index is 9.44. The lowest BCUT2D eigenvalue weighted by Gasteiger charge is -2.43. The Labute approximate surface area is 123 Å². The quantitative estimate of drug-likeness (QED) is 0.752. The van der Waals surface area contributed by atoms with E-state index in [-0.39, 0.29) is 13.2 Å². The fraction of sp³-hybridized carbons (Fsp3) is 0.600. The molecule has 106 valence electrons. The zero-order valence-corrected chi connectivity index (χ0v) is 12.9. The molecule has 0 spiro atoms. The van der Waals surface area contributed by atoms with Crippen LogP contribution in [0.1, 0.15) is 37.7 Å². The summed E-state index contributed by atoms with van der Waals surface area (Å²) in [7, 11) is 0. The second-order valence-corrected chi connectivity index (χ2v) is 6.43. The molecule has 1 saturated carbocycles. The van der Waals surface area contributed by atoms with E-state index in [1.54, 1.807) is 0 Å². The molecular formula is C15H22BrNO2. The van der Waals surface area contributed by atoms with Crippen LogP contribution in [0.15, 0.2) is 28.7 Å². The summed E-state index contributed by atoms with van der Waals surface area (Å²) in [5.74, 6) is 0.585. The molecule has 1 aliphatic rings. The Hall–Kier alpha value is -0.420. The number of hydrogen-bond acceptors (Lipinski definition) is 3. The van der Waals surface area contributed by atoms with E-state index in [0.29, 0.717) is 12.0 Å². The molecule has 0 unspecified atom stereocenters. The molecule has 0 radical (unpaired) electrons. The van der Waals surface area contributed by atoms with E-state index in [0.717, 1.165) is 23.7 Å². The Bertz CT molecular complexity index is 406. The molecule has 1 fully saturated rings. The molecule has 19 heavy (non-hydrogen) atoms. The fourth-order valence-corrected chi connectivity index (χ4v) is 3.09. The Morgan fingerprint density at radius 2 is 2.00 bits per heavy atom. The summed E-state index contributed by atoms with van der Waals surface area (Å²) in [4.78, 5) is 0. The smallest absolute Gasteiger partial charge is 0.0647 e. The van der Waals surface area contributed by atoms with Crippen molar-refractivity contribution in [2.45, 2.75) is 43.7 Å². The van der Waals surface area contributed by atoms with Crippen LogP contribution < -0.4 is 5.32 Å². The van der Waals surface area contributed by atoms with Crippen molar-refractivity contribution < 1.29 is 10.2 Å². The van der Waals surface area contributed by atoms with Crippen LogP contribution in [-0.4, -0.2) is 35.0 Å². The highest BCUT2D eigenvalue weighted by atomic mass is 79.9. The molecule has 0 atom stereocenters. The van der Waals surface area contributed by atoms with Gasteiger partial charge in [-0.25, -0.2) is 0 Å². The average molecular weight is 328 g/mol. The lowest BCUT2D eigenvalue weighted by Crippen LogP contribution is -2.58. The molecule has 3 nitrogen and oxygen atoms in total. The molecule has 0 bridgehead atoms. The highest BCUT2D eigenvalue weighted by Crippen LogP contribution is 2.38. The maximum Gasteiger partial charge on any atom is 0.0647 e. The van der Waals surface area contributed by atoms with Gasteiger partial charge in [0, 0.05) is 10.5 Å². The van der Waals surface area contributed by atoms with Crippen LogP contribution in [-0.2, 0) is 0 Å². The third-order valence-electron chi connectivity index (χ3n) is 4.25. The van der Waals surface area contributed by atoms with Gasteiger partial charge in [0.1, 0.15) is 0 Å². The normalized spacial score (nSPS) is 23.2. The van der Waals surface area contributed by atoms with E-state index >= 15 is 0 Å². The van der Waals surface area contributed by atoms with Gasteiger partial charge < -0.3 is 15.5 Å². The van der Waals surface area contributed by atoms with Gasteiger partial charge in [-0.05, 0) is 42.9 Å². The number of rotatable bonds is 6.